The van der Waals surface area contributed by atoms with Crippen LogP contribution in [0.4, 0.5) is 4.79 Å². The SMILES string of the molecule is O=C(OCc1ccccc1)N1CCC(OCC2CC2)C1. The first-order valence-corrected chi connectivity index (χ1v) is 7.38. The fourth-order valence-electron chi connectivity index (χ4n) is 2.40. The molecule has 1 aliphatic heterocycles. The largest absolute Gasteiger partial charge is 0.445 e. The lowest BCUT2D eigenvalue weighted by Gasteiger charge is -2.16. The van der Waals surface area contributed by atoms with Crippen LogP contribution >= 0.6 is 0 Å². The van der Waals surface area contributed by atoms with Crippen LogP contribution in [0.1, 0.15) is 24.8 Å². The molecule has 1 unspecified atom stereocenters. The topological polar surface area (TPSA) is 38.8 Å². The van der Waals surface area contributed by atoms with Gasteiger partial charge >= 0.3 is 6.09 Å². The van der Waals surface area contributed by atoms with E-state index in [2.05, 4.69) is 0 Å². The molecule has 4 heteroatoms. The molecule has 0 N–H and O–H groups in total. The van der Waals surface area contributed by atoms with Gasteiger partial charge in [0.05, 0.1) is 12.6 Å². The highest BCUT2D eigenvalue weighted by molar-refractivity contribution is 5.68. The van der Waals surface area contributed by atoms with Crippen LogP contribution in [0, 0.1) is 5.92 Å². The molecule has 1 saturated carbocycles. The first kappa shape index (κ1) is 13.4. The Labute approximate surface area is 119 Å². The molecule has 20 heavy (non-hydrogen) atoms. The van der Waals surface area contributed by atoms with Gasteiger partial charge in [-0.2, -0.15) is 0 Å². The summed E-state index contributed by atoms with van der Waals surface area (Å²) < 4.78 is 11.2. The lowest BCUT2D eigenvalue weighted by molar-refractivity contribution is 0.0478. The summed E-state index contributed by atoms with van der Waals surface area (Å²) in [4.78, 5) is 13.7. The fraction of sp³-hybridized carbons (Fsp3) is 0.562. The van der Waals surface area contributed by atoms with Gasteiger partial charge in [0.15, 0.2) is 0 Å². The minimum absolute atomic E-state index is 0.194. The first-order chi connectivity index (χ1) is 9.81. The first-order valence-electron chi connectivity index (χ1n) is 7.38. The molecule has 108 valence electrons. The van der Waals surface area contributed by atoms with Gasteiger partial charge < -0.3 is 14.4 Å². The highest BCUT2D eigenvalue weighted by atomic mass is 16.6. The molecule has 1 amide bonds. The second kappa shape index (κ2) is 6.27. The Bertz CT molecular complexity index is 444. The van der Waals surface area contributed by atoms with E-state index in [-0.39, 0.29) is 12.2 Å². The highest BCUT2D eigenvalue weighted by Crippen LogP contribution is 2.30. The number of hydrogen-bond acceptors (Lipinski definition) is 3. The van der Waals surface area contributed by atoms with E-state index in [9.17, 15) is 4.79 Å². The van der Waals surface area contributed by atoms with Crippen LogP contribution in [0.5, 0.6) is 0 Å². The van der Waals surface area contributed by atoms with Crippen LogP contribution in [0.3, 0.4) is 0 Å². The van der Waals surface area contributed by atoms with Crippen LogP contribution in [-0.4, -0.2) is 36.8 Å². The number of ether oxygens (including phenoxy) is 2. The molecule has 0 aromatic heterocycles. The average molecular weight is 275 g/mol. The second-order valence-electron chi connectivity index (χ2n) is 5.67. The predicted molar refractivity (Wildman–Crippen MR) is 75.3 cm³/mol. The standard InChI is InChI=1S/C16H21NO3/c18-16(20-12-13-4-2-1-3-5-13)17-9-8-15(10-17)19-11-14-6-7-14/h1-5,14-15H,6-12H2. The number of likely N-dealkylation sites (tertiary alicyclic amines) is 1. The smallest absolute Gasteiger partial charge is 0.410 e. The maximum absolute atomic E-state index is 12.0. The van der Waals surface area contributed by atoms with Crippen molar-refractivity contribution >= 4 is 6.09 Å². The molecular formula is C16H21NO3. The maximum atomic E-state index is 12.0. The Hall–Kier alpha value is -1.55. The van der Waals surface area contributed by atoms with Crippen molar-refractivity contribution in [2.24, 2.45) is 5.92 Å². The molecule has 1 aromatic carbocycles. The summed E-state index contributed by atoms with van der Waals surface area (Å²) >= 11 is 0. The van der Waals surface area contributed by atoms with Gasteiger partial charge in [-0.25, -0.2) is 4.79 Å². The Morgan fingerprint density at radius 1 is 1.20 bits per heavy atom. The Morgan fingerprint density at radius 3 is 2.75 bits per heavy atom. The van der Waals surface area contributed by atoms with Gasteiger partial charge in [0.1, 0.15) is 6.61 Å². The Morgan fingerprint density at radius 2 is 2.00 bits per heavy atom. The lowest BCUT2D eigenvalue weighted by atomic mass is 10.2. The van der Waals surface area contributed by atoms with Crippen molar-refractivity contribution in [1.29, 1.82) is 0 Å². The number of amides is 1. The number of carbonyl (C=O) groups is 1. The third-order valence-electron chi connectivity index (χ3n) is 3.87. The summed E-state index contributed by atoms with van der Waals surface area (Å²) in [5.74, 6) is 0.772. The minimum Gasteiger partial charge on any atom is -0.445 e. The number of nitrogens with zero attached hydrogens (tertiary/aromatic N) is 1. The van der Waals surface area contributed by atoms with Crippen LogP contribution < -0.4 is 0 Å². The van der Waals surface area contributed by atoms with Crippen molar-refractivity contribution in [3.8, 4) is 0 Å². The van der Waals surface area contributed by atoms with Crippen molar-refractivity contribution in [1.82, 2.24) is 4.90 Å². The molecule has 1 atom stereocenters. The molecule has 2 aliphatic rings. The normalized spacial score (nSPS) is 22.0. The number of benzene rings is 1. The lowest BCUT2D eigenvalue weighted by Crippen LogP contribution is -2.30. The quantitative estimate of drug-likeness (QED) is 0.829. The van der Waals surface area contributed by atoms with E-state index in [0.717, 1.165) is 31.1 Å². The summed E-state index contributed by atoms with van der Waals surface area (Å²) in [6.45, 7) is 2.60. The molecule has 1 aromatic rings. The number of hydrogen-bond donors (Lipinski definition) is 0. The average Bonchev–Trinajstić information content (AvgIpc) is 3.20. The molecular weight excluding hydrogens is 254 g/mol. The van der Waals surface area contributed by atoms with Gasteiger partial charge in [-0.1, -0.05) is 30.3 Å². The highest BCUT2D eigenvalue weighted by Gasteiger charge is 2.30. The molecule has 1 aliphatic carbocycles. The zero-order valence-electron chi connectivity index (χ0n) is 11.7. The Kier molecular flexibility index (Phi) is 4.21. The monoisotopic (exact) mass is 275 g/mol. The molecule has 2 fully saturated rings. The fourth-order valence-corrected chi connectivity index (χ4v) is 2.40. The van der Waals surface area contributed by atoms with Gasteiger partial charge in [0, 0.05) is 13.2 Å². The van der Waals surface area contributed by atoms with Crippen molar-refractivity contribution in [2.45, 2.75) is 32.0 Å². The molecule has 3 rings (SSSR count). The zero-order chi connectivity index (χ0) is 13.8. The Balaban J connectivity index is 1.39. The molecule has 4 nitrogen and oxygen atoms in total. The molecule has 0 bridgehead atoms. The maximum Gasteiger partial charge on any atom is 0.410 e. The van der Waals surface area contributed by atoms with E-state index >= 15 is 0 Å². The van der Waals surface area contributed by atoms with Crippen molar-refractivity contribution < 1.29 is 14.3 Å². The summed E-state index contributed by atoms with van der Waals surface area (Å²) in [6.07, 6.45) is 3.49. The van der Waals surface area contributed by atoms with E-state index < -0.39 is 0 Å². The van der Waals surface area contributed by atoms with Crippen LogP contribution in [0.15, 0.2) is 30.3 Å². The third kappa shape index (κ3) is 3.73. The summed E-state index contributed by atoms with van der Waals surface area (Å²) in [5.41, 5.74) is 1.02. The molecule has 1 saturated heterocycles. The second-order valence-corrected chi connectivity index (χ2v) is 5.67. The van der Waals surface area contributed by atoms with Crippen LogP contribution in [-0.2, 0) is 16.1 Å². The predicted octanol–water partition coefficient (Wildman–Crippen LogP) is 2.82. The van der Waals surface area contributed by atoms with Crippen molar-refractivity contribution in [3.05, 3.63) is 35.9 Å². The summed E-state index contributed by atoms with van der Waals surface area (Å²) in [6, 6.07) is 9.76. The van der Waals surface area contributed by atoms with Gasteiger partial charge in [-0.15, -0.1) is 0 Å². The van der Waals surface area contributed by atoms with E-state index in [1.807, 2.05) is 30.3 Å². The summed E-state index contributed by atoms with van der Waals surface area (Å²) in [7, 11) is 0. The molecule has 1 heterocycles. The van der Waals surface area contributed by atoms with Gasteiger partial charge in [-0.3, -0.25) is 0 Å². The molecule has 0 radical (unpaired) electrons. The third-order valence-corrected chi connectivity index (χ3v) is 3.87. The van der Waals surface area contributed by atoms with E-state index in [0.29, 0.717) is 13.2 Å². The zero-order valence-corrected chi connectivity index (χ0v) is 11.7. The minimum atomic E-state index is -0.230. The van der Waals surface area contributed by atoms with Crippen molar-refractivity contribution in [3.63, 3.8) is 0 Å². The number of rotatable bonds is 5. The van der Waals surface area contributed by atoms with Crippen LogP contribution in [0.2, 0.25) is 0 Å². The van der Waals surface area contributed by atoms with E-state index in [1.54, 1.807) is 4.90 Å². The van der Waals surface area contributed by atoms with Crippen LogP contribution in [0.25, 0.3) is 0 Å². The van der Waals surface area contributed by atoms with Gasteiger partial charge in [0.25, 0.3) is 0 Å². The summed E-state index contributed by atoms with van der Waals surface area (Å²) in [5, 5.41) is 0. The van der Waals surface area contributed by atoms with E-state index in [1.165, 1.54) is 12.8 Å². The molecule has 0 spiro atoms. The van der Waals surface area contributed by atoms with E-state index in [4.69, 9.17) is 9.47 Å². The van der Waals surface area contributed by atoms with Crippen molar-refractivity contribution in [2.75, 3.05) is 19.7 Å². The van der Waals surface area contributed by atoms with Gasteiger partial charge in [0.2, 0.25) is 0 Å². The van der Waals surface area contributed by atoms with Gasteiger partial charge in [-0.05, 0) is 30.7 Å². The number of carbonyl (C=O) groups excluding carboxylic acids is 1.